The first kappa shape index (κ1) is 26.4. The average Bonchev–Trinajstić information content (AvgIpc) is 3.84. The minimum absolute atomic E-state index is 0.328. The van der Waals surface area contributed by atoms with Crippen LogP contribution in [-0.2, 0) is 5.41 Å². The van der Waals surface area contributed by atoms with Crippen molar-refractivity contribution in [3.05, 3.63) is 195 Å². The Kier molecular flexibility index (Phi) is 4.98. The molecule has 1 aliphatic carbocycles. The quantitative estimate of drug-likeness (QED) is 0.193. The summed E-state index contributed by atoms with van der Waals surface area (Å²) < 4.78 is 11.8. The summed E-state index contributed by atoms with van der Waals surface area (Å²) in [5, 5.41) is 1.32. The van der Waals surface area contributed by atoms with E-state index >= 15 is 4.79 Å². The van der Waals surface area contributed by atoms with Gasteiger partial charge in [0.05, 0.1) is 27.6 Å². The number of hydrogen-bond donors (Lipinski definition) is 0. The zero-order chi connectivity index (χ0) is 32.4. The molecule has 3 aromatic heterocycles. The van der Waals surface area contributed by atoms with Gasteiger partial charge >= 0.3 is 0 Å². The number of hydrogen-bond acceptors (Lipinski definition) is 3. The third-order valence-corrected chi connectivity index (χ3v) is 10.5. The van der Waals surface area contributed by atoms with Crippen LogP contribution in [0.25, 0.3) is 50.0 Å². The van der Waals surface area contributed by atoms with Crippen molar-refractivity contribution in [2.75, 3.05) is 0 Å². The zero-order valence-corrected chi connectivity index (χ0v) is 26.0. The van der Waals surface area contributed by atoms with Crippen LogP contribution in [0, 0.1) is 0 Å². The maximum Gasteiger partial charge on any atom is 0.284 e. The van der Waals surface area contributed by atoms with Crippen molar-refractivity contribution in [3.8, 4) is 39.6 Å². The summed E-state index contributed by atoms with van der Waals surface area (Å²) in [5.74, 6) is 1.39. The van der Waals surface area contributed by atoms with Gasteiger partial charge in [-0.2, -0.15) is 4.52 Å². The molecule has 0 saturated carbocycles. The third-order valence-electron chi connectivity index (χ3n) is 10.5. The van der Waals surface area contributed by atoms with E-state index in [4.69, 9.17) is 4.74 Å². The minimum Gasteiger partial charge on any atom is -0.457 e. The van der Waals surface area contributed by atoms with E-state index in [0.717, 1.165) is 55.7 Å². The van der Waals surface area contributed by atoms with Crippen LogP contribution in [0.5, 0.6) is 11.5 Å². The molecule has 6 aromatic carbocycles. The van der Waals surface area contributed by atoms with E-state index in [1.807, 2.05) is 114 Å². The van der Waals surface area contributed by atoms with Gasteiger partial charge < -0.3 is 4.74 Å². The van der Waals surface area contributed by atoms with Crippen molar-refractivity contribution in [1.29, 1.82) is 0 Å². The molecule has 0 bridgehead atoms. The first-order valence-electron chi connectivity index (χ1n) is 16.4. The second-order valence-corrected chi connectivity index (χ2v) is 12.8. The maximum absolute atomic E-state index is 15.2. The first-order valence-corrected chi connectivity index (χ1v) is 16.4. The SMILES string of the molecule is O=c1c2c(n3c4c(c(=O)n13)c1cc(-c3ccccc3)ccc1n4-c1ccccc1)-c1ccccc1C21c2ccccc2Oc2ccccc21. The Morgan fingerprint density at radius 2 is 1.14 bits per heavy atom. The normalized spacial score (nSPS) is 13.8. The van der Waals surface area contributed by atoms with Crippen LogP contribution in [0.15, 0.2) is 161 Å². The fraction of sp³-hybridized carbons (Fsp3) is 0.0233. The van der Waals surface area contributed by atoms with E-state index in [0.29, 0.717) is 28.1 Å². The van der Waals surface area contributed by atoms with Gasteiger partial charge in [-0.05, 0) is 53.1 Å². The van der Waals surface area contributed by atoms with Gasteiger partial charge in [0.25, 0.3) is 11.1 Å². The lowest BCUT2D eigenvalue weighted by Crippen LogP contribution is -2.37. The van der Waals surface area contributed by atoms with E-state index in [9.17, 15) is 4.79 Å². The predicted octanol–water partition coefficient (Wildman–Crippen LogP) is 8.43. The molecule has 6 nitrogen and oxygen atoms in total. The molecule has 0 radical (unpaired) electrons. The van der Waals surface area contributed by atoms with Crippen LogP contribution in [0.2, 0.25) is 0 Å². The Morgan fingerprint density at radius 3 is 1.86 bits per heavy atom. The molecule has 0 atom stereocenters. The number of benzene rings is 6. The third kappa shape index (κ3) is 3.11. The molecule has 0 amide bonds. The van der Waals surface area contributed by atoms with Crippen LogP contribution in [0.4, 0.5) is 0 Å². The Hall–Kier alpha value is -6.66. The van der Waals surface area contributed by atoms with Crippen LogP contribution in [0.3, 0.4) is 0 Å². The molecule has 2 aliphatic rings. The van der Waals surface area contributed by atoms with Gasteiger partial charge in [-0.25, -0.2) is 4.52 Å². The van der Waals surface area contributed by atoms with Crippen LogP contribution in [-0.4, -0.2) is 13.6 Å². The summed E-state index contributed by atoms with van der Waals surface area (Å²) in [7, 11) is 0. The second kappa shape index (κ2) is 9.24. The summed E-state index contributed by atoms with van der Waals surface area (Å²) in [6.07, 6.45) is 0. The molecule has 1 spiro atoms. The van der Waals surface area contributed by atoms with E-state index in [-0.39, 0.29) is 11.1 Å². The first-order chi connectivity index (χ1) is 24.2. The largest absolute Gasteiger partial charge is 0.457 e. The van der Waals surface area contributed by atoms with Crippen molar-refractivity contribution in [2.45, 2.75) is 5.41 Å². The molecule has 0 N–H and O–H groups in total. The van der Waals surface area contributed by atoms with Gasteiger partial charge in [-0.1, -0.05) is 115 Å². The Labute approximate surface area is 279 Å². The molecular weight excluding hydrogens is 606 g/mol. The number of aromatic nitrogens is 3. The average molecular weight is 632 g/mol. The Morgan fingerprint density at radius 1 is 0.531 bits per heavy atom. The lowest BCUT2D eigenvalue weighted by atomic mass is 9.66. The number of fused-ring (bicyclic) bond motifs is 15. The summed E-state index contributed by atoms with van der Waals surface area (Å²) in [5.41, 5.74) is 7.83. The highest BCUT2D eigenvalue weighted by molar-refractivity contribution is 6.10. The van der Waals surface area contributed by atoms with Gasteiger partial charge in [0, 0.05) is 27.8 Å². The van der Waals surface area contributed by atoms with Gasteiger partial charge in [0.1, 0.15) is 11.5 Å². The highest BCUT2D eigenvalue weighted by Crippen LogP contribution is 2.61. The Balaban J connectivity index is 1.37. The molecule has 230 valence electrons. The predicted molar refractivity (Wildman–Crippen MR) is 192 cm³/mol. The molecule has 49 heavy (non-hydrogen) atoms. The van der Waals surface area contributed by atoms with E-state index < -0.39 is 5.41 Å². The molecule has 0 unspecified atom stereocenters. The van der Waals surface area contributed by atoms with Gasteiger partial charge in [0.15, 0.2) is 5.65 Å². The number of para-hydroxylation sites is 3. The maximum atomic E-state index is 15.2. The van der Waals surface area contributed by atoms with Gasteiger partial charge in [-0.15, -0.1) is 0 Å². The lowest BCUT2D eigenvalue weighted by molar-refractivity contribution is 0.436. The van der Waals surface area contributed by atoms with E-state index in [1.165, 1.54) is 4.52 Å². The molecule has 6 heteroatoms. The highest BCUT2D eigenvalue weighted by atomic mass is 16.5. The molecule has 0 saturated heterocycles. The molecule has 4 heterocycles. The topological polar surface area (TPSA) is 57.1 Å². The fourth-order valence-electron chi connectivity index (χ4n) is 8.62. The van der Waals surface area contributed by atoms with Gasteiger partial charge in [-0.3, -0.25) is 14.2 Å². The van der Waals surface area contributed by atoms with Crippen molar-refractivity contribution in [2.24, 2.45) is 0 Å². The van der Waals surface area contributed by atoms with Crippen LogP contribution < -0.4 is 15.9 Å². The summed E-state index contributed by atoms with van der Waals surface area (Å²) >= 11 is 0. The highest BCUT2D eigenvalue weighted by Gasteiger charge is 2.55. The monoisotopic (exact) mass is 631 g/mol. The van der Waals surface area contributed by atoms with Crippen molar-refractivity contribution in [1.82, 2.24) is 13.6 Å². The minimum atomic E-state index is -0.983. The fourth-order valence-corrected chi connectivity index (χ4v) is 8.62. The number of rotatable bonds is 2. The van der Waals surface area contributed by atoms with Gasteiger partial charge in [0.2, 0.25) is 0 Å². The summed E-state index contributed by atoms with van der Waals surface area (Å²) in [6.45, 7) is 0. The molecule has 1 aliphatic heterocycles. The standard InChI is InChI=1S/C43H25N3O3/c47-41-37-30-25-27(26-13-3-1-4-14-26)23-24-34(30)44(28-15-5-2-6-16-28)40(37)45-39-29-17-7-8-18-31(29)43(38(39)42(48)46(41)45)32-19-9-11-21-35(32)49-36-22-12-10-20-33(36)43/h1-25H. The van der Waals surface area contributed by atoms with Crippen molar-refractivity contribution < 1.29 is 4.74 Å². The molecule has 0 fully saturated rings. The summed E-state index contributed by atoms with van der Waals surface area (Å²) in [4.78, 5) is 30.1. The van der Waals surface area contributed by atoms with Crippen molar-refractivity contribution in [3.63, 3.8) is 0 Å². The van der Waals surface area contributed by atoms with Crippen molar-refractivity contribution >= 4 is 21.9 Å². The van der Waals surface area contributed by atoms with Crippen LogP contribution >= 0.6 is 0 Å². The number of ether oxygens (including phenoxy) is 1. The van der Waals surface area contributed by atoms with Crippen LogP contribution in [0.1, 0.15) is 22.3 Å². The van der Waals surface area contributed by atoms with E-state index in [2.05, 4.69) is 47.0 Å². The lowest BCUT2D eigenvalue weighted by Gasteiger charge is -2.38. The zero-order valence-electron chi connectivity index (χ0n) is 26.0. The molecule has 9 aromatic rings. The molecular formula is C43H25N3O3. The smallest absolute Gasteiger partial charge is 0.284 e. The van der Waals surface area contributed by atoms with E-state index in [1.54, 1.807) is 0 Å². The molecule has 11 rings (SSSR count). The second-order valence-electron chi connectivity index (χ2n) is 12.8. The Bertz CT molecular complexity index is 2910. The number of nitrogens with zero attached hydrogens (tertiary/aromatic N) is 3. The summed E-state index contributed by atoms with van der Waals surface area (Å²) in [6, 6.07) is 50.6.